The first-order chi connectivity index (χ1) is 4.48. The molecule has 0 radical (unpaired) electrons. The summed E-state index contributed by atoms with van der Waals surface area (Å²) in [7, 11) is -0.483. The highest BCUT2D eigenvalue weighted by atomic mass is 31.1. The van der Waals surface area contributed by atoms with Crippen LogP contribution in [0.3, 0.4) is 0 Å². The first-order valence-corrected chi connectivity index (χ1v) is 3.09. The Morgan fingerprint density at radius 1 is 1.60 bits per heavy atom. The summed E-state index contributed by atoms with van der Waals surface area (Å²) < 4.78 is 34.0. The highest BCUT2D eigenvalue weighted by Crippen LogP contribution is 2.16. The molecule has 0 heterocycles. The van der Waals surface area contributed by atoms with Crippen LogP contribution in [0.25, 0.3) is 0 Å². The molecule has 0 amide bonds. The van der Waals surface area contributed by atoms with Crippen molar-refractivity contribution in [3.05, 3.63) is 0 Å². The number of alkyl halides is 3. The van der Waals surface area contributed by atoms with E-state index in [2.05, 4.69) is 4.84 Å². The Labute approximate surface area is 56.3 Å². The summed E-state index contributed by atoms with van der Waals surface area (Å²) in [4.78, 5) is 3.65. The van der Waals surface area contributed by atoms with Crippen molar-refractivity contribution < 1.29 is 18.0 Å². The number of hydrogen-bond acceptors (Lipinski definition) is 4. The van der Waals surface area contributed by atoms with E-state index >= 15 is 0 Å². The molecule has 1 unspecified atom stereocenters. The Balaban J connectivity index is 3.64. The average Bonchev–Trinajstić information content (AvgIpc) is 1.80. The van der Waals surface area contributed by atoms with Crippen LogP contribution in [0.4, 0.5) is 13.2 Å². The van der Waals surface area contributed by atoms with Crippen LogP contribution < -0.4 is 10.8 Å². The van der Waals surface area contributed by atoms with Crippen molar-refractivity contribution in [1.82, 2.24) is 5.25 Å². The van der Waals surface area contributed by atoms with Gasteiger partial charge in [0, 0.05) is 0 Å². The summed E-state index contributed by atoms with van der Waals surface area (Å²) >= 11 is 0. The molecule has 0 aromatic heterocycles. The van der Waals surface area contributed by atoms with Crippen LogP contribution in [0, 0.1) is 5.41 Å². The Hall–Kier alpha value is -0.390. The molecule has 0 saturated heterocycles. The number of hydrogen-bond donors (Lipinski definition) is 3. The van der Waals surface area contributed by atoms with Gasteiger partial charge in [-0.3, -0.25) is 10.9 Å². The Morgan fingerprint density at radius 2 is 2.10 bits per heavy atom. The normalized spacial score (nSPS) is 12.4. The maximum absolute atomic E-state index is 11.3. The van der Waals surface area contributed by atoms with Gasteiger partial charge in [-0.2, -0.15) is 13.2 Å². The van der Waals surface area contributed by atoms with Crippen molar-refractivity contribution in [2.24, 2.45) is 5.50 Å². The van der Waals surface area contributed by atoms with Crippen LogP contribution in [0.5, 0.6) is 0 Å². The molecule has 0 fully saturated rings. The van der Waals surface area contributed by atoms with Gasteiger partial charge in [0.2, 0.25) is 0 Å². The van der Waals surface area contributed by atoms with Gasteiger partial charge in [0.15, 0.2) is 0 Å². The third-order valence-electron chi connectivity index (χ3n) is 0.469. The van der Waals surface area contributed by atoms with E-state index in [0.717, 1.165) is 0 Å². The van der Waals surface area contributed by atoms with Gasteiger partial charge in [0.25, 0.3) is 0 Å². The second kappa shape index (κ2) is 3.70. The van der Waals surface area contributed by atoms with E-state index in [1.807, 2.05) is 0 Å². The molecule has 60 valence electrons. The average molecular weight is 175 g/mol. The van der Waals surface area contributed by atoms with Crippen LogP contribution in [-0.2, 0) is 4.84 Å². The minimum Gasteiger partial charge on any atom is -0.379 e. The number of nitrogens with two attached hydrogens (primary N) is 1. The fourth-order valence-corrected chi connectivity index (χ4v) is 0.299. The molecule has 8 heteroatoms. The highest BCUT2D eigenvalue weighted by molar-refractivity contribution is 7.32. The SMILES string of the molecule is N=C(ONPN)C(F)(F)F. The fourth-order valence-electron chi connectivity index (χ4n) is 0.138. The molecule has 4 N–H and O–H groups in total. The molecule has 0 aliphatic carbocycles. The fraction of sp³-hybridized carbons (Fsp3) is 0.500. The third-order valence-corrected chi connectivity index (χ3v) is 0.689. The summed E-state index contributed by atoms with van der Waals surface area (Å²) in [5.74, 6) is -1.80. The highest BCUT2D eigenvalue weighted by Gasteiger charge is 2.37. The van der Waals surface area contributed by atoms with E-state index in [4.69, 9.17) is 10.9 Å². The first-order valence-electron chi connectivity index (χ1n) is 2.01. The van der Waals surface area contributed by atoms with Crippen LogP contribution in [-0.4, -0.2) is 12.1 Å². The summed E-state index contributed by atoms with van der Waals surface area (Å²) in [5.41, 5.74) is 4.75. The molecule has 0 aromatic carbocycles. The quantitative estimate of drug-likeness (QED) is 0.248. The molecular weight excluding hydrogens is 170 g/mol. The van der Waals surface area contributed by atoms with Crippen LogP contribution >= 0.6 is 8.88 Å². The third kappa shape index (κ3) is 3.60. The van der Waals surface area contributed by atoms with Gasteiger partial charge >= 0.3 is 12.1 Å². The maximum atomic E-state index is 11.3. The van der Waals surface area contributed by atoms with Crippen molar-refractivity contribution in [3.8, 4) is 0 Å². The summed E-state index contributed by atoms with van der Waals surface area (Å²) in [6, 6.07) is 0. The predicted octanol–water partition coefficient (Wildman–Crippen LogP) is 0.514. The number of nitrogens with one attached hydrogen (secondary N) is 2. The standard InChI is InChI=1S/C2H5F3N3OP/c3-2(4,5)1(6)9-8-10-7/h6,8,10H,7H2. The lowest BCUT2D eigenvalue weighted by molar-refractivity contribution is -0.0820. The van der Waals surface area contributed by atoms with E-state index in [1.54, 1.807) is 5.25 Å². The van der Waals surface area contributed by atoms with E-state index < -0.39 is 21.0 Å². The largest absolute Gasteiger partial charge is 0.470 e. The van der Waals surface area contributed by atoms with E-state index in [-0.39, 0.29) is 0 Å². The van der Waals surface area contributed by atoms with Gasteiger partial charge in [0.05, 0.1) is 8.88 Å². The minimum atomic E-state index is -4.74. The smallest absolute Gasteiger partial charge is 0.379 e. The zero-order chi connectivity index (χ0) is 8.20. The van der Waals surface area contributed by atoms with Gasteiger partial charge in [0.1, 0.15) is 0 Å². The predicted molar refractivity (Wildman–Crippen MR) is 30.5 cm³/mol. The van der Waals surface area contributed by atoms with Crippen molar-refractivity contribution in [1.29, 1.82) is 5.41 Å². The first kappa shape index (κ1) is 9.61. The van der Waals surface area contributed by atoms with E-state index in [1.165, 1.54) is 0 Å². The molecule has 0 aromatic rings. The molecule has 0 saturated carbocycles. The molecule has 1 atom stereocenters. The second-order valence-corrected chi connectivity index (χ2v) is 1.67. The van der Waals surface area contributed by atoms with Crippen molar-refractivity contribution in [2.45, 2.75) is 6.18 Å². The number of rotatable bonds is 2. The lowest BCUT2D eigenvalue weighted by Gasteiger charge is -2.07. The van der Waals surface area contributed by atoms with Gasteiger partial charge in [-0.05, 0) is 0 Å². The zero-order valence-electron chi connectivity index (χ0n) is 4.62. The lowest BCUT2D eigenvalue weighted by Crippen LogP contribution is -2.28. The van der Waals surface area contributed by atoms with Gasteiger partial charge in [-0.25, -0.2) is 0 Å². The van der Waals surface area contributed by atoms with Crippen molar-refractivity contribution >= 4 is 14.8 Å². The maximum Gasteiger partial charge on any atom is 0.470 e. The topological polar surface area (TPSA) is 71.1 Å². The molecule has 0 aliphatic heterocycles. The summed E-state index contributed by atoms with van der Waals surface area (Å²) in [6.45, 7) is 0. The summed E-state index contributed by atoms with van der Waals surface area (Å²) in [6.07, 6.45) is -4.74. The molecule has 10 heavy (non-hydrogen) atoms. The Morgan fingerprint density at radius 3 is 2.40 bits per heavy atom. The van der Waals surface area contributed by atoms with E-state index in [9.17, 15) is 13.2 Å². The summed E-state index contributed by atoms with van der Waals surface area (Å²) in [5, 5.41) is 7.90. The molecule has 0 bridgehead atoms. The molecule has 0 rings (SSSR count). The van der Waals surface area contributed by atoms with Crippen LogP contribution in [0.1, 0.15) is 0 Å². The monoisotopic (exact) mass is 175 g/mol. The van der Waals surface area contributed by atoms with E-state index in [0.29, 0.717) is 0 Å². The number of halogens is 3. The second-order valence-electron chi connectivity index (χ2n) is 1.18. The lowest BCUT2D eigenvalue weighted by atomic mass is 10.7. The van der Waals surface area contributed by atoms with Crippen molar-refractivity contribution in [3.63, 3.8) is 0 Å². The van der Waals surface area contributed by atoms with Gasteiger partial charge < -0.3 is 4.84 Å². The zero-order valence-corrected chi connectivity index (χ0v) is 5.62. The van der Waals surface area contributed by atoms with Gasteiger partial charge in [-0.15, -0.1) is 5.25 Å². The van der Waals surface area contributed by atoms with Gasteiger partial charge in [-0.1, -0.05) is 0 Å². The molecular formula is C2H5F3N3OP. The van der Waals surface area contributed by atoms with Crippen molar-refractivity contribution in [2.75, 3.05) is 0 Å². The molecule has 0 aliphatic rings. The van der Waals surface area contributed by atoms with Crippen LogP contribution in [0.2, 0.25) is 0 Å². The molecule has 0 spiro atoms. The minimum absolute atomic E-state index is 0.483. The van der Waals surface area contributed by atoms with Crippen LogP contribution in [0.15, 0.2) is 0 Å². The molecule has 4 nitrogen and oxygen atoms in total. The Bertz CT molecular complexity index is 125. The Kier molecular flexibility index (Phi) is 3.55.